The second-order valence-corrected chi connectivity index (χ2v) is 6.06. The van der Waals surface area contributed by atoms with Crippen LogP contribution in [0.3, 0.4) is 0 Å². The largest absolute Gasteiger partial charge is 0.323 e. The number of tetrazole rings is 1. The van der Waals surface area contributed by atoms with Crippen molar-refractivity contribution in [2.75, 3.05) is 11.1 Å². The van der Waals surface area contributed by atoms with Crippen LogP contribution >= 0.6 is 11.8 Å². The summed E-state index contributed by atoms with van der Waals surface area (Å²) in [5.74, 6) is -1.88. The summed E-state index contributed by atoms with van der Waals surface area (Å²) < 4.78 is 28.2. The SMILES string of the molecule is Cc1ccccc1-n1nnnc1SCC(=O)Nc1cc(F)ccc1F. The molecule has 128 valence electrons. The highest BCUT2D eigenvalue weighted by Crippen LogP contribution is 2.21. The lowest BCUT2D eigenvalue weighted by molar-refractivity contribution is -0.113. The Morgan fingerprint density at radius 3 is 2.84 bits per heavy atom. The topological polar surface area (TPSA) is 72.7 Å². The van der Waals surface area contributed by atoms with E-state index in [0.29, 0.717) is 5.16 Å². The number of para-hydroxylation sites is 1. The van der Waals surface area contributed by atoms with Gasteiger partial charge in [0.2, 0.25) is 11.1 Å². The molecule has 2 aromatic carbocycles. The summed E-state index contributed by atoms with van der Waals surface area (Å²) in [6, 6.07) is 10.4. The normalized spacial score (nSPS) is 10.7. The first kappa shape index (κ1) is 17.0. The lowest BCUT2D eigenvalue weighted by Gasteiger charge is -2.08. The van der Waals surface area contributed by atoms with Crippen molar-refractivity contribution < 1.29 is 13.6 Å². The molecule has 1 aromatic heterocycles. The predicted molar refractivity (Wildman–Crippen MR) is 89.6 cm³/mol. The van der Waals surface area contributed by atoms with Gasteiger partial charge in [0, 0.05) is 6.07 Å². The summed E-state index contributed by atoms with van der Waals surface area (Å²) in [6.07, 6.45) is 0. The molecule has 0 aliphatic heterocycles. The van der Waals surface area contributed by atoms with Crippen LogP contribution in [-0.2, 0) is 4.79 Å². The molecule has 1 heterocycles. The van der Waals surface area contributed by atoms with Crippen LogP contribution in [0.5, 0.6) is 0 Å². The number of benzene rings is 2. The van der Waals surface area contributed by atoms with Gasteiger partial charge in [-0.3, -0.25) is 4.79 Å². The molecule has 0 radical (unpaired) electrons. The molecule has 0 bridgehead atoms. The Morgan fingerprint density at radius 1 is 1.24 bits per heavy atom. The second kappa shape index (κ2) is 7.39. The molecule has 0 aliphatic rings. The number of thioether (sulfide) groups is 1. The fraction of sp³-hybridized carbons (Fsp3) is 0.125. The lowest BCUT2D eigenvalue weighted by Crippen LogP contribution is -2.15. The summed E-state index contributed by atoms with van der Waals surface area (Å²) >= 11 is 1.09. The zero-order valence-corrected chi connectivity index (χ0v) is 13.9. The number of carbonyl (C=O) groups excluding carboxylic acids is 1. The molecule has 0 fully saturated rings. The van der Waals surface area contributed by atoms with Crippen molar-refractivity contribution in [3.05, 3.63) is 59.7 Å². The van der Waals surface area contributed by atoms with Crippen molar-refractivity contribution in [1.82, 2.24) is 20.2 Å². The highest BCUT2D eigenvalue weighted by Gasteiger charge is 2.14. The number of nitrogens with zero attached hydrogens (tertiary/aromatic N) is 4. The van der Waals surface area contributed by atoms with E-state index >= 15 is 0 Å². The van der Waals surface area contributed by atoms with Crippen molar-refractivity contribution in [3.63, 3.8) is 0 Å². The minimum atomic E-state index is -0.704. The number of rotatable bonds is 5. The van der Waals surface area contributed by atoms with E-state index in [9.17, 15) is 13.6 Å². The maximum Gasteiger partial charge on any atom is 0.234 e. The van der Waals surface area contributed by atoms with Crippen molar-refractivity contribution in [3.8, 4) is 5.69 Å². The summed E-state index contributed by atoms with van der Waals surface area (Å²) in [7, 11) is 0. The van der Waals surface area contributed by atoms with Gasteiger partial charge in [0.25, 0.3) is 0 Å². The Hall–Kier alpha value is -2.81. The van der Waals surface area contributed by atoms with E-state index < -0.39 is 17.5 Å². The second-order valence-electron chi connectivity index (χ2n) is 5.12. The molecule has 25 heavy (non-hydrogen) atoms. The van der Waals surface area contributed by atoms with Gasteiger partial charge in [-0.15, -0.1) is 5.10 Å². The van der Waals surface area contributed by atoms with Crippen LogP contribution in [-0.4, -0.2) is 31.9 Å². The van der Waals surface area contributed by atoms with E-state index in [0.717, 1.165) is 41.2 Å². The molecule has 0 saturated heterocycles. The first-order valence-electron chi connectivity index (χ1n) is 7.26. The molecule has 0 atom stereocenters. The van der Waals surface area contributed by atoms with Gasteiger partial charge in [-0.05, 0) is 41.1 Å². The molecule has 0 unspecified atom stereocenters. The molecule has 3 aromatic rings. The maximum absolute atomic E-state index is 13.5. The van der Waals surface area contributed by atoms with Crippen molar-refractivity contribution in [2.24, 2.45) is 0 Å². The van der Waals surface area contributed by atoms with Gasteiger partial charge in [0.15, 0.2) is 0 Å². The van der Waals surface area contributed by atoms with Crippen LogP contribution in [0, 0.1) is 18.6 Å². The number of nitrogens with one attached hydrogen (secondary N) is 1. The third-order valence-corrected chi connectivity index (χ3v) is 4.24. The summed E-state index contributed by atoms with van der Waals surface area (Å²) in [5, 5.41) is 14.2. The van der Waals surface area contributed by atoms with Crippen LogP contribution in [0.4, 0.5) is 14.5 Å². The Morgan fingerprint density at radius 2 is 2.04 bits per heavy atom. The Labute approximate surface area is 146 Å². The fourth-order valence-electron chi connectivity index (χ4n) is 2.13. The number of carbonyl (C=O) groups is 1. The van der Waals surface area contributed by atoms with Crippen molar-refractivity contribution in [2.45, 2.75) is 12.1 Å². The molecular formula is C16H13F2N5OS. The van der Waals surface area contributed by atoms with Gasteiger partial charge < -0.3 is 5.32 Å². The number of amides is 1. The van der Waals surface area contributed by atoms with E-state index in [1.54, 1.807) is 0 Å². The Bertz CT molecular complexity index is 915. The zero-order valence-electron chi connectivity index (χ0n) is 13.1. The summed E-state index contributed by atoms with van der Waals surface area (Å²) in [4.78, 5) is 12.0. The zero-order chi connectivity index (χ0) is 17.8. The smallest absolute Gasteiger partial charge is 0.234 e. The molecule has 3 rings (SSSR count). The monoisotopic (exact) mass is 361 g/mol. The van der Waals surface area contributed by atoms with Crippen LogP contribution in [0.2, 0.25) is 0 Å². The third-order valence-electron chi connectivity index (χ3n) is 3.32. The van der Waals surface area contributed by atoms with Gasteiger partial charge in [-0.2, -0.15) is 4.68 Å². The van der Waals surface area contributed by atoms with Crippen LogP contribution in [0.1, 0.15) is 5.56 Å². The molecular weight excluding hydrogens is 348 g/mol. The fourth-order valence-corrected chi connectivity index (χ4v) is 2.81. The van der Waals surface area contributed by atoms with E-state index in [2.05, 4.69) is 20.8 Å². The standard InChI is InChI=1S/C16H13F2N5OS/c1-10-4-2-3-5-14(10)23-16(20-21-22-23)25-9-15(24)19-13-8-11(17)6-7-12(13)18/h2-8H,9H2,1H3,(H,19,24). The average molecular weight is 361 g/mol. The van der Waals surface area contributed by atoms with Crippen LogP contribution in [0.25, 0.3) is 5.69 Å². The minimum absolute atomic E-state index is 0.0534. The van der Waals surface area contributed by atoms with E-state index in [4.69, 9.17) is 0 Å². The molecule has 0 aliphatic carbocycles. The minimum Gasteiger partial charge on any atom is -0.323 e. The summed E-state index contributed by atoms with van der Waals surface area (Å²) in [5.41, 5.74) is 1.57. The molecule has 0 saturated carbocycles. The number of hydrogen-bond acceptors (Lipinski definition) is 5. The summed E-state index contributed by atoms with van der Waals surface area (Å²) in [6.45, 7) is 1.92. The Balaban J connectivity index is 1.69. The molecule has 1 amide bonds. The van der Waals surface area contributed by atoms with Crippen LogP contribution < -0.4 is 5.32 Å². The average Bonchev–Trinajstić information content (AvgIpc) is 3.05. The highest BCUT2D eigenvalue weighted by molar-refractivity contribution is 7.99. The predicted octanol–water partition coefficient (Wildman–Crippen LogP) is 2.98. The number of aryl methyl sites for hydroxylation is 1. The first-order valence-corrected chi connectivity index (χ1v) is 8.25. The highest BCUT2D eigenvalue weighted by atomic mass is 32.2. The van der Waals surface area contributed by atoms with Crippen molar-refractivity contribution in [1.29, 1.82) is 0 Å². The number of hydrogen-bond donors (Lipinski definition) is 1. The van der Waals surface area contributed by atoms with E-state index in [1.807, 2.05) is 31.2 Å². The van der Waals surface area contributed by atoms with Crippen LogP contribution in [0.15, 0.2) is 47.6 Å². The van der Waals surface area contributed by atoms with E-state index in [1.165, 1.54) is 4.68 Å². The molecule has 0 spiro atoms. The quantitative estimate of drug-likeness (QED) is 0.708. The number of anilines is 1. The third kappa shape index (κ3) is 4.00. The molecule has 6 nitrogen and oxygen atoms in total. The maximum atomic E-state index is 13.5. The molecule has 1 N–H and O–H groups in total. The van der Waals surface area contributed by atoms with Gasteiger partial charge in [-0.25, -0.2) is 8.78 Å². The lowest BCUT2D eigenvalue weighted by atomic mass is 10.2. The molecule has 9 heteroatoms. The first-order chi connectivity index (χ1) is 12.0. The number of aromatic nitrogens is 4. The van der Waals surface area contributed by atoms with Gasteiger partial charge in [0.05, 0.1) is 17.1 Å². The number of halogens is 2. The van der Waals surface area contributed by atoms with Gasteiger partial charge in [-0.1, -0.05) is 30.0 Å². The van der Waals surface area contributed by atoms with Gasteiger partial charge in [0.1, 0.15) is 11.6 Å². The van der Waals surface area contributed by atoms with Gasteiger partial charge >= 0.3 is 0 Å². The van der Waals surface area contributed by atoms with Crippen molar-refractivity contribution >= 4 is 23.4 Å². The van der Waals surface area contributed by atoms with E-state index in [-0.39, 0.29) is 11.4 Å². The Kier molecular flexibility index (Phi) is 5.03.